The molecule has 0 aliphatic rings. The van der Waals surface area contributed by atoms with E-state index in [1.807, 2.05) is 6.92 Å². The summed E-state index contributed by atoms with van der Waals surface area (Å²) in [6.45, 7) is 7.22. The second-order valence-corrected chi connectivity index (χ2v) is 4.41. The summed E-state index contributed by atoms with van der Waals surface area (Å²) in [5.41, 5.74) is 2.73. The lowest BCUT2D eigenvalue weighted by atomic mass is 10.0. The van der Waals surface area contributed by atoms with Gasteiger partial charge >= 0.3 is 0 Å². The van der Waals surface area contributed by atoms with E-state index in [9.17, 15) is 0 Å². The van der Waals surface area contributed by atoms with Crippen LogP contribution < -0.4 is 5.32 Å². The maximum absolute atomic E-state index is 3.54. The van der Waals surface area contributed by atoms with Gasteiger partial charge in [-0.15, -0.1) is 11.8 Å². The zero-order valence-electron chi connectivity index (χ0n) is 11.2. The minimum atomic E-state index is 0.545. The summed E-state index contributed by atoms with van der Waals surface area (Å²) in [5.74, 6) is 6.10. The molecule has 17 heavy (non-hydrogen) atoms. The number of benzene rings is 1. The van der Waals surface area contributed by atoms with Gasteiger partial charge < -0.3 is 5.32 Å². The fraction of sp³-hybridized carbons (Fsp3) is 0.500. The van der Waals surface area contributed by atoms with E-state index in [0.29, 0.717) is 6.04 Å². The van der Waals surface area contributed by atoms with E-state index in [4.69, 9.17) is 0 Å². The topological polar surface area (TPSA) is 12.0 Å². The highest BCUT2D eigenvalue weighted by molar-refractivity contribution is 5.22. The maximum Gasteiger partial charge on any atom is 0.0116 e. The van der Waals surface area contributed by atoms with E-state index >= 15 is 0 Å². The first kappa shape index (κ1) is 13.8. The van der Waals surface area contributed by atoms with Crippen molar-refractivity contribution < 1.29 is 0 Å². The van der Waals surface area contributed by atoms with Crippen molar-refractivity contribution in [3.63, 3.8) is 0 Å². The first-order chi connectivity index (χ1) is 8.26. The second kappa shape index (κ2) is 7.92. The van der Waals surface area contributed by atoms with Crippen LogP contribution in [-0.2, 0) is 6.42 Å². The molecule has 0 saturated carbocycles. The molecule has 1 aromatic carbocycles. The van der Waals surface area contributed by atoms with Crippen LogP contribution in [0.5, 0.6) is 0 Å². The van der Waals surface area contributed by atoms with Crippen molar-refractivity contribution in [2.24, 2.45) is 0 Å². The Bertz CT molecular complexity index is 367. The molecule has 0 radical (unpaired) electrons. The molecule has 0 saturated heterocycles. The maximum atomic E-state index is 3.54. The molecule has 1 nitrogen and oxygen atoms in total. The van der Waals surface area contributed by atoms with Crippen molar-refractivity contribution in [3.05, 3.63) is 35.4 Å². The third kappa shape index (κ3) is 5.56. The molecule has 0 bridgehead atoms. The fourth-order valence-corrected chi connectivity index (χ4v) is 1.95. The van der Waals surface area contributed by atoms with Crippen LogP contribution >= 0.6 is 0 Å². The molecule has 1 unspecified atom stereocenters. The van der Waals surface area contributed by atoms with Crippen molar-refractivity contribution in [1.82, 2.24) is 5.32 Å². The van der Waals surface area contributed by atoms with Gasteiger partial charge in [-0.2, -0.15) is 0 Å². The molecule has 1 rings (SSSR count). The van der Waals surface area contributed by atoms with Gasteiger partial charge in [0.05, 0.1) is 0 Å². The fourth-order valence-electron chi connectivity index (χ4n) is 1.95. The minimum absolute atomic E-state index is 0.545. The van der Waals surface area contributed by atoms with Crippen molar-refractivity contribution in [1.29, 1.82) is 0 Å². The number of aryl methyl sites for hydroxylation is 1. The molecule has 1 N–H and O–H groups in total. The van der Waals surface area contributed by atoms with Crippen LogP contribution in [0.25, 0.3) is 0 Å². The smallest absolute Gasteiger partial charge is 0.0116 e. The zero-order valence-corrected chi connectivity index (χ0v) is 11.2. The zero-order chi connectivity index (χ0) is 12.5. The van der Waals surface area contributed by atoms with Crippen molar-refractivity contribution in [2.45, 2.75) is 46.1 Å². The van der Waals surface area contributed by atoms with Crippen molar-refractivity contribution in [2.75, 3.05) is 6.54 Å². The van der Waals surface area contributed by atoms with Crippen LogP contribution in [0, 0.1) is 18.8 Å². The molecule has 1 aromatic rings. The summed E-state index contributed by atoms with van der Waals surface area (Å²) in [6.07, 6.45) is 3.21. The monoisotopic (exact) mass is 229 g/mol. The molecule has 0 aromatic heterocycles. The normalized spacial score (nSPS) is 11.7. The Morgan fingerprint density at radius 2 is 1.94 bits per heavy atom. The summed E-state index contributed by atoms with van der Waals surface area (Å²) in [7, 11) is 0. The first-order valence-electron chi connectivity index (χ1n) is 6.44. The van der Waals surface area contributed by atoms with E-state index < -0.39 is 0 Å². The van der Waals surface area contributed by atoms with E-state index in [-0.39, 0.29) is 0 Å². The SMILES string of the molecule is CC#CCCC(Cc1ccc(C)cc1)NCC. The van der Waals surface area contributed by atoms with Gasteiger partial charge in [0, 0.05) is 12.5 Å². The lowest BCUT2D eigenvalue weighted by Crippen LogP contribution is -2.30. The molecule has 0 fully saturated rings. The van der Waals surface area contributed by atoms with Gasteiger partial charge in [-0.1, -0.05) is 36.8 Å². The standard InChI is InChI=1S/C16H23N/c1-4-6-7-8-16(17-5-2)13-15-11-9-14(3)10-12-15/h9-12,16-17H,5,7-8,13H2,1-3H3. The van der Waals surface area contributed by atoms with Gasteiger partial charge in [0.15, 0.2) is 0 Å². The summed E-state index contributed by atoms with van der Waals surface area (Å²) in [6, 6.07) is 9.37. The first-order valence-corrected chi connectivity index (χ1v) is 6.44. The van der Waals surface area contributed by atoms with Crippen LogP contribution in [0.3, 0.4) is 0 Å². The average Bonchev–Trinajstić information content (AvgIpc) is 2.32. The lowest BCUT2D eigenvalue weighted by Gasteiger charge is -2.16. The van der Waals surface area contributed by atoms with Crippen LogP contribution in [0.1, 0.15) is 37.8 Å². The number of hydrogen-bond acceptors (Lipinski definition) is 1. The molecule has 0 aliphatic carbocycles. The molecule has 0 heterocycles. The summed E-state index contributed by atoms with van der Waals surface area (Å²) >= 11 is 0. The number of hydrogen-bond donors (Lipinski definition) is 1. The van der Waals surface area contributed by atoms with Gasteiger partial charge in [0.25, 0.3) is 0 Å². The Morgan fingerprint density at radius 3 is 2.53 bits per heavy atom. The molecular weight excluding hydrogens is 206 g/mol. The van der Waals surface area contributed by atoms with Crippen LogP contribution in [0.15, 0.2) is 24.3 Å². The third-order valence-corrected chi connectivity index (χ3v) is 2.89. The van der Waals surface area contributed by atoms with Gasteiger partial charge in [-0.25, -0.2) is 0 Å². The molecule has 1 atom stereocenters. The Morgan fingerprint density at radius 1 is 1.24 bits per heavy atom. The minimum Gasteiger partial charge on any atom is -0.314 e. The third-order valence-electron chi connectivity index (χ3n) is 2.89. The largest absolute Gasteiger partial charge is 0.314 e. The summed E-state index contributed by atoms with van der Waals surface area (Å²) in [5, 5.41) is 3.54. The van der Waals surface area contributed by atoms with Crippen molar-refractivity contribution in [3.8, 4) is 11.8 Å². The second-order valence-electron chi connectivity index (χ2n) is 4.41. The van der Waals surface area contributed by atoms with E-state index in [2.05, 4.69) is 55.3 Å². The highest BCUT2D eigenvalue weighted by Crippen LogP contribution is 2.09. The van der Waals surface area contributed by atoms with Gasteiger partial charge in [-0.05, 0) is 38.8 Å². The molecule has 0 amide bonds. The molecule has 92 valence electrons. The van der Waals surface area contributed by atoms with Crippen LogP contribution in [-0.4, -0.2) is 12.6 Å². The predicted octanol–water partition coefficient (Wildman–Crippen LogP) is 3.32. The van der Waals surface area contributed by atoms with Gasteiger partial charge in [0.1, 0.15) is 0 Å². The lowest BCUT2D eigenvalue weighted by molar-refractivity contribution is 0.497. The highest BCUT2D eigenvalue weighted by Gasteiger charge is 2.07. The number of nitrogens with one attached hydrogen (secondary N) is 1. The molecule has 1 heteroatoms. The predicted molar refractivity (Wildman–Crippen MR) is 75.0 cm³/mol. The van der Waals surface area contributed by atoms with Gasteiger partial charge in [-0.3, -0.25) is 0 Å². The van der Waals surface area contributed by atoms with Crippen molar-refractivity contribution >= 4 is 0 Å². The quantitative estimate of drug-likeness (QED) is 0.738. The molecule has 0 aliphatic heterocycles. The number of rotatable bonds is 6. The van der Waals surface area contributed by atoms with Crippen LogP contribution in [0.2, 0.25) is 0 Å². The van der Waals surface area contributed by atoms with E-state index in [1.165, 1.54) is 11.1 Å². The molecule has 0 spiro atoms. The summed E-state index contributed by atoms with van der Waals surface area (Å²) in [4.78, 5) is 0. The average molecular weight is 229 g/mol. The Balaban J connectivity index is 2.52. The van der Waals surface area contributed by atoms with E-state index in [0.717, 1.165) is 25.8 Å². The Hall–Kier alpha value is -1.26. The Kier molecular flexibility index (Phi) is 6.43. The summed E-state index contributed by atoms with van der Waals surface area (Å²) < 4.78 is 0. The van der Waals surface area contributed by atoms with E-state index in [1.54, 1.807) is 0 Å². The highest BCUT2D eigenvalue weighted by atomic mass is 14.9. The molecular formula is C16H23N. The van der Waals surface area contributed by atoms with Gasteiger partial charge in [0.2, 0.25) is 0 Å². The Labute approximate surface area is 106 Å². The van der Waals surface area contributed by atoms with Crippen LogP contribution in [0.4, 0.5) is 0 Å². The number of likely N-dealkylation sites (N-methyl/N-ethyl adjacent to an activating group) is 1.